The van der Waals surface area contributed by atoms with Gasteiger partial charge in [0, 0.05) is 37.8 Å². The van der Waals surface area contributed by atoms with E-state index in [1.807, 2.05) is 31.5 Å². The second-order valence-electron chi connectivity index (χ2n) is 7.92. The molecule has 3 heterocycles. The minimum Gasteiger partial charge on any atom is -0.352 e. The number of aryl methyl sites for hydroxylation is 3. The van der Waals surface area contributed by atoms with Crippen molar-refractivity contribution in [2.75, 3.05) is 13.1 Å². The summed E-state index contributed by atoms with van der Waals surface area (Å²) in [4.78, 5) is 12.9. The van der Waals surface area contributed by atoms with Crippen LogP contribution < -0.4 is 5.32 Å². The van der Waals surface area contributed by atoms with E-state index < -0.39 is 10.0 Å². The number of rotatable bonds is 6. The molecule has 1 fully saturated rings. The van der Waals surface area contributed by atoms with Gasteiger partial charge in [-0.05, 0) is 46.6 Å². The van der Waals surface area contributed by atoms with Crippen LogP contribution in [-0.2, 0) is 28.4 Å². The van der Waals surface area contributed by atoms with Crippen LogP contribution in [0.25, 0.3) is 0 Å². The first-order chi connectivity index (χ1) is 13.6. The number of carbonyl (C=O) groups is 1. The van der Waals surface area contributed by atoms with Crippen LogP contribution in [0.4, 0.5) is 0 Å². The molecule has 0 bridgehead atoms. The highest BCUT2D eigenvalue weighted by Gasteiger charge is 2.34. The predicted octanol–water partition coefficient (Wildman–Crippen LogP) is 1.15. The lowest BCUT2D eigenvalue weighted by atomic mass is 9.97. The molecule has 0 spiro atoms. The first kappa shape index (κ1) is 21.5. The summed E-state index contributed by atoms with van der Waals surface area (Å²) in [5.74, 6) is -0.201. The second-order valence-corrected chi connectivity index (χ2v) is 9.82. The fourth-order valence-corrected chi connectivity index (χ4v) is 5.41. The summed E-state index contributed by atoms with van der Waals surface area (Å²) in [5, 5.41) is 11.5. The van der Waals surface area contributed by atoms with Gasteiger partial charge in [-0.2, -0.15) is 14.5 Å². The number of sulfonamides is 1. The molecule has 1 atom stereocenters. The summed E-state index contributed by atoms with van der Waals surface area (Å²) in [7, 11) is -1.86. The van der Waals surface area contributed by atoms with Crippen LogP contribution in [0, 0.1) is 26.7 Å². The van der Waals surface area contributed by atoms with Gasteiger partial charge >= 0.3 is 0 Å². The molecule has 0 unspecified atom stereocenters. The van der Waals surface area contributed by atoms with Crippen molar-refractivity contribution >= 4 is 15.9 Å². The number of carbonyl (C=O) groups excluding carboxylic acids is 1. The molecular weight excluding hydrogens is 392 g/mol. The molecule has 1 amide bonds. The molecule has 3 rings (SSSR count). The Morgan fingerprint density at radius 2 is 1.93 bits per heavy atom. The molecule has 0 aliphatic carbocycles. The smallest absolute Gasteiger partial charge is 0.246 e. The number of aromatic nitrogens is 4. The first-order valence-corrected chi connectivity index (χ1v) is 11.3. The van der Waals surface area contributed by atoms with Gasteiger partial charge in [-0.3, -0.25) is 14.2 Å². The molecule has 1 aliphatic rings. The molecule has 1 aliphatic heterocycles. The summed E-state index contributed by atoms with van der Waals surface area (Å²) in [6.07, 6.45) is 2.41. The Kier molecular flexibility index (Phi) is 6.13. The van der Waals surface area contributed by atoms with Crippen molar-refractivity contribution in [3.8, 4) is 0 Å². The van der Waals surface area contributed by atoms with Crippen molar-refractivity contribution in [1.82, 2.24) is 29.2 Å². The third-order valence-electron chi connectivity index (χ3n) is 5.57. The van der Waals surface area contributed by atoms with E-state index in [2.05, 4.69) is 15.5 Å². The molecule has 2 aromatic heterocycles. The number of amides is 1. The lowest BCUT2D eigenvalue weighted by Crippen LogP contribution is -2.45. The maximum Gasteiger partial charge on any atom is 0.246 e. The van der Waals surface area contributed by atoms with Crippen LogP contribution in [0.1, 0.15) is 36.8 Å². The molecule has 10 heteroatoms. The standard InChI is InChI=1S/C19H30N6O3S/c1-13-10-15(3)25(22-13)12-14(2)21-19(26)17-6-8-24(9-7-17)29(27,28)18-11-20-23(5)16(18)4/h10-11,14,17H,6-9,12H2,1-5H3,(H,21,26)/t14-/m0/s1. The molecule has 0 radical (unpaired) electrons. The van der Waals surface area contributed by atoms with Gasteiger partial charge in [0.05, 0.1) is 24.1 Å². The van der Waals surface area contributed by atoms with Crippen molar-refractivity contribution in [2.24, 2.45) is 13.0 Å². The quantitative estimate of drug-likeness (QED) is 0.752. The van der Waals surface area contributed by atoms with Gasteiger partial charge in [-0.15, -0.1) is 0 Å². The lowest BCUT2D eigenvalue weighted by Gasteiger charge is -2.31. The fraction of sp³-hybridized carbons (Fsp3) is 0.632. The van der Waals surface area contributed by atoms with Crippen molar-refractivity contribution in [2.45, 2.75) is 58.0 Å². The van der Waals surface area contributed by atoms with E-state index in [0.717, 1.165) is 11.4 Å². The SMILES string of the molecule is Cc1cc(C)n(C[C@H](C)NC(=O)C2CCN(S(=O)(=O)c3cnn(C)c3C)CC2)n1. The van der Waals surface area contributed by atoms with E-state index in [0.29, 0.717) is 38.2 Å². The zero-order valence-corrected chi connectivity index (χ0v) is 18.5. The Morgan fingerprint density at radius 1 is 1.28 bits per heavy atom. The Hall–Kier alpha value is -2.20. The average molecular weight is 423 g/mol. The molecular formula is C19H30N6O3S. The van der Waals surface area contributed by atoms with Crippen molar-refractivity contribution in [1.29, 1.82) is 0 Å². The lowest BCUT2D eigenvalue weighted by molar-refractivity contribution is -0.126. The Labute approximate surface area is 172 Å². The van der Waals surface area contributed by atoms with Crippen LogP contribution in [-0.4, -0.2) is 57.3 Å². The van der Waals surface area contributed by atoms with Gasteiger partial charge in [0.25, 0.3) is 0 Å². The van der Waals surface area contributed by atoms with E-state index in [1.165, 1.54) is 10.5 Å². The van der Waals surface area contributed by atoms with E-state index in [-0.39, 0.29) is 22.8 Å². The van der Waals surface area contributed by atoms with E-state index in [4.69, 9.17) is 0 Å². The molecule has 2 aromatic rings. The summed E-state index contributed by atoms with van der Waals surface area (Å²) < 4.78 is 30.7. The zero-order chi connectivity index (χ0) is 21.3. The summed E-state index contributed by atoms with van der Waals surface area (Å²) in [6, 6.07) is 1.95. The molecule has 9 nitrogen and oxygen atoms in total. The second kappa shape index (κ2) is 8.27. The van der Waals surface area contributed by atoms with Crippen LogP contribution in [0.3, 0.4) is 0 Å². The fourth-order valence-electron chi connectivity index (χ4n) is 3.75. The topological polar surface area (TPSA) is 102 Å². The summed E-state index contributed by atoms with van der Waals surface area (Å²) >= 11 is 0. The third kappa shape index (κ3) is 4.53. The Morgan fingerprint density at radius 3 is 2.45 bits per heavy atom. The highest BCUT2D eigenvalue weighted by atomic mass is 32.2. The first-order valence-electron chi connectivity index (χ1n) is 9.89. The normalized spacial score (nSPS) is 17.4. The van der Waals surface area contributed by atoms with Crippen LogP contribution >= 0.6 is 0 Å². The minimum atomic E-state index is -3.58. The van der Waals surface area contributed by atoms with Gasteiger partial charge < -0.3 is 5.32 Å². The molecule has 0 aromatic carbocycles. The van der Waals surface area contributed by atoms with Gasteiger partial charge in [-0.1, -0.05) is 0 Å². The number of piperidine rings is 1. The van der Waals surface area contributed by atoms with E-state index in [9.17, 15) is 13.2 Å². The molecule has 160 valence electrons. The Balaban J connectivity index is 1.55. The van der Waals surface area contributed by atoms with Crippen molar-refractivity contribution in [3.05, 3.63) is 29.3 Å². The van der Waals surface area contributed by atoms with Gasteiger partial charge in [0.2, 0.25) is 15.9 Å². The van der Waals surface area contributed by atoms with Gasteiger partial charge in [0.1, 0.15) is 4.90 Å². The molecule has 1 saturated heterocycles. The number of hydrogen-bond acceptors (Lipinski definition) is 5. The maximum atomic E-state index is 12.9. The van der Waals surface area contributed by atoms with Crippen molar-refractivity contribution < 1.29 is 13.2 Å². The molecule has 1 N–H and O–H groups in total. The number of nitrogens with one attached hydrogen (secondary N) is 1. The highest BCUT2D eigenvalue weighted by Crippen LogP contribution is 2.25. The number of hydrogen-bond donors (Lipinski definition) is 1. The van der Waals surface area contributed by atoms with Gasteiger partial charge in [-0.25, -0.2) is 8.42 Å². The van der Waals surface area contributed by atoms with Crippen molar-refractivity contribution in [3.63, 3.8) is 0 Å². The van der Waals surface area contributed by atoms with E-state index in [1.54, 1.807) is 18.7 Å². The summed E-state index contributed by atoms with van der Waals surface area (Å²) in [6.45, 7) is 8.92. The van der Waals surface area contributed by atoms with E-state index >= 15 is 0 Å². The average Bonchev–Trinajstić information content (AvgIpc) is 3.16. The largest absolute Gasteiger partial charge is 0.352 e. The van der Waals surface area contributed by atoms with Crippen LogP contribution in [0.15, 0.2) is 17.2 Å². The molecule has 0 saturated carbocycles. The zero-order valence-electron chi connectivity index (χ0n) is 17.7. The third-order valence-corrected chi connectivity index (χ3v) is 7.57. The van der Waals surface area contributed by atoms with Crippen LogP contribution in [0.5, 0.6) is 0 Å². The number of nitrogens with zero attached hydrogens (tertiary/aromatic N) is 5. The maximum absolute atomic E-state index is 12.9. The summed E-state index contributed by atoms with van der Waals surface area (Å²) in [5.41, 5.74) is 2.63. The molecule has 29 heavy (non-hydrogen) atoms. The van der Waals surface area contributed by atoms with Gasteiger partial charge in [0.15, 0.2) is 0 Å². The minimum absolute atomic E-state index is 0.0198. The highest BCUT2D eigenvalue weighted by molar-refractivity contribution is 7.89. The monoisotopic (exact) mass is 422 g/mol. The predicted molar refractivity (Wildman–Crippen MR) is 109 cm³/mol. The Bertz CT molecular complexity index is 986. The van der Waals surface area contributed by atoms with Crippen LogP contribution in [0.2, 0.25) is 0 Å².